The fraction of sp³-hybridized carbons (Fsp3) is 0.704. The van der Waals surface area contributed by atoms with E-state index in [9.17, 15) is 14.7 Å². The van der Waals surface area contributed by atoms with Crippen molar-refractivity contribution >= 4 is 11.9 Å². The Labute approximate surface area is 225 Å². The Balaban J connectivity index is 0. The summed E-state index contributed by atoms with van der Waals surface area (Å²) in [4.78, 5) is 23.8. The van der Waals surface area contributed by atoms with Gasteiger partial charge in [-0.05, 0) is 30.5 Å². The molecule has 1 atom stereocenters. The summed E-state index contributed by atoms with van der Waals surface area (Å²) in [5.41, 5.74) is 6.64. The van der Waals surface area contributed by atoms with Crippen LogP contribution in [0.1, 0.15) is 117 Å². The molecule has 6 heteroatoms. The molecule has 33 heavy (non-hydrogen) atoms. The van der Waals surface area contributed by atoms with Crippen molar-refractivity contribution in [2.75, 3.05) is 0 Å². The van der Waals surface area contributed by atoms with Crippen molar-refractivity contribution in [3.8, 4) is 5.75 Å². The summed E-state index contributed by atoms with van der Waals surface area (Å²) in [7, 11) is 0. The van der Waals surface area contributed by atoms with Crippen LogP contribution in [0.4, 0.5) is 0 Å². The van der Waals surface area contributed by atoms with Gasteiger partial charge in [-0.15, -0.1) is 0 Å². The molecule has 0 saturated carbocycles. The molecule has 0 aliphatic rings. The quantitative estimate of drug-likeness (QED) is 0.139. The van der Waals surface area contributed by atoms with Crippen LogP contribution < -0.4 is 35.3 Å². The first-order valence-electron chi connectivity index (χ1n) is 12.8. The van der Waals surface area contributed by atoms with Gasteiger partial charge in [-0.1, -0.05) is 109 Å². The van der Waals surface area contributed by atoms with Crippen LogP contribution in [0.2, 0.25) is 0 Å². The van der Waals surface area contributed by atoms with E-state index in [0.29, 0.717) is 0 Å². The number of unbranched alkanes of at least 4 members (excludes halogenated alkanes) is 14. The van der Waals surface area contributed by atoms with Crippen molar-refractivity contribution in [1.82, 2.24) is 0 Å². The number of phenolic OH excluding ortho intramolecular Hbond substituents is 1. The molecule has 0 fully saturated rings. The van der Waals surface area contributed by atoms with E-state index < -0.39 is 18.0 Å². The molecular formula is C27H46NNaO4. The van der Waals surface area contributed by atoms with Crippen molar-refractivity contribution in [2.45, 2.75) is 122 Å². The molecule has 0 bridgehead atoms. The molecule has 0 aliphatic carbocycles. The third-order valence-electron chi connectivity index (χ3n) is 5.89. The Bertz CT molecular complexity index is 628. The number of esters is 2. The third-order valence-corrected chi connectivity index (χ3v) is 5.89. The minimum absolute atomic E-state index is 0. The fourth-order valence-corrected chi connectivity index (χ4v) is 3.85. The minimum atomic E-state index is -0.885. The van der Waals surface area contributed by atoms with Gasteiger partial charge < -0.3 is 17.0 Å². The fourth-order valence-electron chi connectivity index (χ4n) is 3.85. The number of hydrogen-bond donors (Lipinski definition) is 2. The second kappa shape index (κ2) is 21.6. The predicted octanol–water partition coefficient (Wildman–Crippen LogP) is 3.71. The van der Waals surface area contributed by atoms with Gasteiger partial charge in [0, 0.05) is 6.42 Å². The molecule has 0 saturated heterocycles. The standard InChI is InChI=1S/C27H45NO4.Na.H/c1-2-3-4-5-6-7-8-9-10-11-12-13-14-15-16-17-26(30)32-27(31)25(28)22-23-18-20-24(29)21-19-23;;/h18-21,25,29H,2-17,22,28H2,1H3;;/q;+1;-1. The van der Waals surface area contributed by atoms with Gasteiger partial charge in [-0.25, -0.2) is 4.79 Å². The number of phenols is 1. The SMILES string of the molecule is CCCCCCCCCCCCCCCCCC(=O)OC(=O)C(N)Cc1ccc(O)cc1.[H-].[Na+]. The smallest absolute Gasteiger partial charge is 1.00 e. The number of benzene rings is 1. The van der Waals surface area contributed by atoms with E-state index in [0.717, 1.165) is 24.8 Å². The van der Waals surface area contributed by atoms with Gasteiger partial charge >= 0.3 is 41.5 Å². The van der Waals surface area contributed by atoms with Crippen molar-refractivity contribution in [3.63, 3.8) is 0 Å². The molecule has 0 aromatic heterocycles. The van der Waals surface area contributed by atoms with E-state index in [2.05, 4.69) is 6.92 Å². The molecule has 1 aromatic rings. The van der Waals surface area contributed by atoms with Crippen molar-refractivity contribution in [3.05, 3.63) is 29.8 Å². The molecule has 0 amide bonds. The molecule has 0 radical (unpaired) electrons. The molecule has 184 valence electrons. The average molecular weight is 472 g/mol. The Morgan fingerprint density at radius 1 is 0.818 bits per heavy atom. The second-order valence-corrected chi connectivity index (χ2v) is 8.97. The number of ether oxygens (including phenoxy) is 1. The Kier molecular flexibility index (Phi) is 21.1. The number of carbonyl (C=O) groups is 2. The third kappa shape index (κ3) is 18.2. The van der Waals surface area contributed by atoms with E-state index in [-0.39, 0.29) is 49.6 Å². The maximum Gasteiger partial charge on any atom is 1.00 e. The summed E-state index contributed by atoms with van der Waals surface area (Å²) >= 11 is 0. The maximum absolute atomic E-state index is 12.0. The van der Waals surface area contributed by atoms with Gasteiger partial charge in [0.05, 0.1) is 0 Å². The van der Waals surface area contributed by atoms with Crippen LogP contribution in [-0.2, 0) is 20.7 Å². The van der Waals surface area contributed by atoms with Crippen LogP contribution in [0.15, 0.2) is 24.3 Å². The normalized spacial score (nSPS) is 11.6. The molecule has 1 unspecified atom stereocenters. The number of aromatic hydroxyl groups is 1. The zero-order chi connectivity index (χ0) is 23.4. The largest absolute Gasteiger partial charge is 1.00 e. The summed E-state index contributed by atoms with van der Waals surface area (Å²) in [5.74, 6) is -1.03. The van der Waals surface area contributed by atoms with Crippen LogP contribution in [-0.4, -0.2) is 23.1 Å². The summed E-state index contributed by atoms with van der Waals surface area (Å²) in [6.07, 6.45) is 19.6. The predicted molar refractivity (Wildman–Crippen MR) is 132 cm³/mol. The van der Waals surface area contributed by atoms with Gasteiger partial charge in [-0.3, -0.25) is 4.79 Å². The monoisotopic (exact) mass is 471 g/mol. The number of hydrogen-bond acceptors (Lipinski definition) is 5. The summed E-state index contributed by atoms with van der Waals surface area (Å²) in [6, 6.07) is 5.58. The Morgan fingerprint density at radius 2 is 1.24 bits per heavy atom. The topological polar surface area (TPSA) is 89.6 Å². The number of nitrogens with two attached hydrogens (primary N) is 1. The zero-order valence-corrected chi connectivity index (χ0v) is 23.2. The van der Waals surface area contributed by atoms with Gasteiger partial charge in [0.15, 0.2) is 0 Å². The summed E-state index contributed by atoms with van der Waals surface area (Å²) in [5, 5.41) is 9.28. The summed E-state index contributed by atoms with van der Waals surface area (Å²) in [6.45, 7) is 2.26. The van der Waals surface area contributed by atoms with E-state index in [1.54, 1.807) is 12.1 Å². The van der Waals surface area contributed by atoms with E-state index in [1.165, 1.54) is 89.2 Å². The van der Waals surface area contributed by atoms with Gasteiger partial charge in [0.25, 0.3) is 0 Å². The number of carbonyl (C=O) groups excluding carboxylic acids is 2. The van der Waals surface area contributed by atoms with Crippen molar-refractivity contribution in [1.29, 1.82) is 0 Å². The van der Waals surface area contributed by atoms with Gasteiger partial charge in [0.1, 0.15) is 11.8 Å². The van der Waals surface area contributed by atoms with E-state index >= 15 is 0 Å². The van der Waals surface area contributed by atoms with E-state index in [1.807, 2.05) is 0 Å². The average Bonchev–Trinajstić information content (AvgIpc) is 2.77. The Hall–Kier alpha value is -0.880. The first-order valence-corrected chi connectivity index (χ1v) is 12.8. The number of rotatable bonds is 19. The Morgan fingerprint density at radius 3 is 1.70 bits per heavy atom. The molecule has 0 heterocycles. The van der Waals surface area contributed by atoms with Gasteiger partial charge in [0.2, 0.25) is 0 Å². The molecule has 0 aliphatic heterocycles. The minimum Gasteiger partial charge on any atom is -1.00 e. The van der Waals surface area contributed by atoms with Crippen LogP contribution in [0.5, 0.6) is 5.75 Å². The molecule has 0 spiro atoms. The van der Waals surface area contributed by atoms with Crippen LogP contribution in [0.3, 0.4) is 0 Å². The van der Waals surface area contributed by atoms with Crippen molar-refractivity contribution < 1.29 is 50.4 Å². The molecule has 3 N–H and O–H groups in total. The zero-order valence-electron chi connectivity index (χ0n) is 22.2. The first kappa shape index (κ1) is 32.1. The van der Waals surface area contributed by atoms with Crippen molar-refractivity contribution in [2.24, 2.45) is 5.73 Å². The van der Waals surface area contributed by atoms with Gasteiger partial charge in [-0.2, -0.15) is 0 Å². The van der Waals surface area contributed by atoms with Crippen LogP contribution >= 0.6 is 0 Å². The van der Waals surface area contributed by atoms with Crippen LogP contribution in [0.25, 0.3) is 0 Å². The molecule has 1 rings (SSSR count). The molecular weight excluding hydrogens is 425 g/mol. The second-order valence-electron chi connectivity index (χ2n) is 8.97. The summed E-state index contributed by atoms with van der Waals surface area (Å²) < 4.78 is 4.87. The van der Waals surface area contributed by atoms with E-state index in [4.69, 9.17) is 10.5 Å². The van der Waals surface area contributed by atoms with Crippen LogP contribution in [0, 0.1) is 0 Å². The molecule has 5 nitrogen and oxygen atoms in total. The first-order chi connectivity index (χ1) is 15.5. The maximum atomic E-state index is 12.0. The molecule has 1 aromatic carbocycles.